The monoisotopic (exact) mass is 582 g/mol. The van der Waals surface area contributed by atoms with Crippen molar-refractivity contribution in [2.24, 2.45) is 0 Å². The topological polar surface area (TPSA) is 72.5 Å². The molecule has 1 fully saturated rings. The first-order valence-corrected chi connectivity index (χ1v) is 20.0. The molecule has 1 aliphatic rings. The summed E-state index contributed by atoms with van der Waals surface area (Å²) in [6.07, 6.45) is -2.63. The Balaban J connectivity index is 3.77. The second-order valence-electron chi connectivity index (χ2n) is 12.3. The normalized spacial score (nSPS) is 20.3. The number of thiocarbonyl (C=S) groups is 1. The summed E-state index contributed by atoms with van der Waals surface area (Å²) < 4.78 is 38.5. The summed E-state index contributed by atoms with van der Waals surface area (Å²) in [7, 11) is -4.72. The van der Waals surface area contributed by atoms with Crippen molar-refractivity contribution in [1.29, 1.82) is 0 Å². The van der Waals surface area contributed by atoms with E-state index in [0.717, 1.165) is 0 Å². The van der Waals surface area contributed by atoms with Crippen molar-refractivity contribution in [3.63, 3.8) is 0 Å². The SMILES string of the molecule is CCOC(OCC)[C@H](O[Si](C)(C)C(C)(C)C)[C@H](O[Si](C)(C)C(C)(C)C)[C@H](OC(C)=O)[C@@H]1COC(=S)S1. The van der Waals surface area contributed by atoms with E-state index in [4.69, 9.17) is 40.0 Å². The largest absolute Gasteiger partial charge is 0.477 e. The van der Waals surface area contributed by atoms with Crippen LogP contribution in [0, 0.1) is 0 Å². The number of carbonyl (C=O) groups excluding carboxylic acids is 1. The number of rotatable bonds is 13. The van der Waals surface area contributed by atoms with Crippen LogP contribution in [0.2, 0.25) is 36.3 Å². The first-order valence-electron chi connectivity index (χ1n) is 12.9. The molecule has 0 bridgehead atoms. The maximum absolute atomic E-state index is 12.4. The van der Waals surface area contributed by atoms with Crippen LogP contribution in [-0.4, -0.2) is 76.7 Å². The zero-order chi connectivity index (χ0) is 28.1. The lowest BCUT2D eigenvalue weighted by Gasteiger charge is -2.48. The number of esters is 1. The molecule has 212 valence electrons. The highest BCUT2D eigenvalue weighted by atomic mass is 32.2. The molecule has 1 saturated heterocycles. The first-order chi connectivity index (χ1) is 16.3. The Hall–Kier alpha value is -0.0162. The number of hydrogen-bond acceptors (Lipinski definition) is 9. The van der Waals surface area contributed by atoms with E-state index in [9.17, 15) is 4.79 Å². The Morgan fingerprint density at radius 2 is 1.42 bits per heavy atom. The van der Waals surface area contributed by atoms with E-state index in [1.165, 1.54) is 18.7 Å². The van der Waals surface area contributed by atoms with Crippen LogP contribution in [0.4, 0.5) is 0 Å². The second kappa shape index (κ2) is 13.4. The molecular weight excluding hydrogens is 533 g/mol. The maximum atomic E-state index is 12.4. The summed E-state index contributed by atoms with van der Waals surface area (Å²) >= 11 is 6.71. The fraction of sp³-hybridized carbons (Fsp3) is 0.920. The quantitative estimate of drug-likeness (QED) is 0.104. The number of carbonyl (C=O) groups is 1. The van der Waals surface area contributed by atoms with E-state index in [1.54, 1.807) is 0 Å². The lowest BCUT2D eigenvalue weighted by molar-refractivity contribution is -0.218. The molecule has 1 aliphatic heterocycles. The third kappa shape index (κ3) is 9.32. The van der Waals surface area contributed by atoms with Gasteiger partial charge < -0.3 is 27.8 Å². The van der Waals surface area contributed by atoms with Crippen LogP contribution in [0.15, 0.2) is 0 Å². The zero-order valence-electron chi connectivity index (χ0n) is 24.7. The van der Waals surface area contributed by atoms with Crippen LogP contribution >= 0.6 is 24.0 Å². The maximum Gasteiger partial charge on any atom is 0.303 e. The molecule has 1 heterocycles. The fourth-order valence-corrected chi connectivity index (χ4v) is 7.13. The van der Waals surface area contributed by atoms with Crippen molar-refractivity contribution in [3.8, 4) is 0 Å². The van der Waals surface area contributed by atoms with Gasteiger partial charge >= 0.3 is 5.97 Å². The van der Waals surface area contributed by atoms with Crippen molar-refractivity contribution >= 4 is 51.0 Å². The van der Waals surface area contributed by atoms with Crippen LogP contribution in [0.5, 0.6) is 0 Å². The molecule has 7 nitrogen and oxygen atoms in total. The second-order valence-corrected chi connectivity index (χ2v) is 23.6. The van der Waals surface area contributed by atoms with Crippen LogP contribution in [0.25, 0.3) is 0 Å². The molecule has 4 atom stereocenters. The molecule has 0 spiro atoms. The number of hydrogen-bond donors (Lipinski definition) is 0. The molecule has 11 heteroatoms. The Bertz CT molecular complexity index is 729. The molecule has 0 N–H and O–H groups in total. The van der Waals surface area contributed by atoms with Gasteiger partial charge in [-0.1, -0.05) is 53.3 Å². The van der Waals surface area contributed by atoms with Crippen molar-refractivity contribution in [2.75, 3.05) is 19.8 Å². The van der Waals surface area contributed by atoms with E-state index in [2.05, 4.69) is 67.7 Å². The minimum Gasteiger partial charge on any atom is -0.477 e. The van der Waals surface area contributed by atoms with Gasteiger partial charge in [0, 0.05) is 20.1 Å². The molecule has 0 unspecified atom stereocenters. The van der Waals surface area contributed by atoms with E-state index >= 15 is 0 Å². The summed E-state index contributed by atoms with van der Waals surface area (Å²) in [6, 6.07) is 0. The highest BCUT2D eigenvalue weighted by Crippen LogP contribution is 2.43. The van der Waals surface area contributed by atoms with Gasteiger partial charge in [-0.15, -0.1) is 0 Å². The predicted octanol–water partition coefficient (Wildman–Crippen LogP) is 6.51. The van der Waals surface area contributed by atoms with Crippen LogP contribution < -0.4 is 0 Å². The first kappa shape index (κ1) is 34.0. The van der Waals surface area contributed by atoms with E-state index in [1.807, 2.05) is 13.8 Å². The molecule has 0 saturated carbocycles. The summed E-state index contributed by atoms with van der Waals surface area (Å²) in [4.78, 5) is 12.4. The molecule has 0 aromatic rings. The predicted molar refractivity (Wildman–Crippen MR) is 157 cm³/mol. The summed E-state index contributed by atoms with van der Waals surface area (Å²) in [5, 5.41) is -0.389. The Morgan fingerprint density at radius 1 is 0.972 bits per heavy atom. The van der Waals surface area contributed by atoms with Gasteiger partial charge in [0.15, 0.2) is 22.9 Å². The van der Waals surface area contributed by atoms with Gasteiger partial charge in [-0.3, -0.25) is 4.79 Å². The van der Waals surface area contributed by atoms with Crippen LogP contribution in [0.1, 0.15) is 62.3 Å². The smallest absolute Gasteiger partial charge is 0.303 e. The van der Waals surface area contributed by atoms with Crippen molar-refractivity contribution in [3.05, 3.63) is 0 Å². The molecule has 0 amide bonds. The van der Waals surface area contributed by atoms with Gasteiger partial charge in [0.1, 0.15) is 24.9 Å². The van der Waals surface area contributed by atoms with Gasteiger partial charge in [-0.25, -0.2) is 0 Å². The highest BCUT2D eigenvalue weighted by molar-refractivity contribution is 8.23. The van der Waals surface area contributed by atoms with Gasteiger partial charge in [0.25, 0.3) is 0 Å². The van der Waals surface area contributed by atoms with Crippen molar-refractivity contribution in [2.45, 2.75) is 128 Å². The molecule has 0 aromatic carbocycles. The lowest BCUT2D eigenvalue weighted by Crippen LogP contribution is -2.61. The summed E-state index contributed by atoms with van der Waals surface area (Å²) in [5.74, 6) is -0.391. The molecular formula is C25H50O7S2Si2. The molecule has 0 radical (unpaired) electrons. The van der Waals surface area contributed by atoms with Gasteiger partial charge in [0.05, 0.1) is 5.25 Å². The van der Waals surface area contributed by atoms with E-state index in [0.29, 0.717) is 24.2 Å². The Morgan fingerprint density at radius 3 is 1.75 bits per heavy atom. The van der Waals surface area contributed by atoms with E-state index < -0.39 is 47.2 Å². The minimum atomic E-state index is -2.38. The molecule has 1 rings (SSSR count). The van der Waals surface area contributed by atoms with Crippen molar-refractivity contribution < 1.29 is 32.6 Å². The summed E-state index contributed by atoms with van der Waals surface area (Å²) in [6.45, 7) is 28.4. The van der Waals surface area contributed by atoms with Gasteiger partial charge in [0.2, 0.25) is 4.38 Å². The standard InChI is InChI=1S/C25H50O7S2Si2/c1-14-27-22(28-15-2)21(32-36(12,13)25(7,8)9)20(31-35(10,11)24(4,5)6)19(30-17(3)26)18-16-29-23(33)34-18/h18-22H,14-16H2,1-13H3/t18-,19+,20+,21+/m0/s1. The highest BCUT2D eigenvalue weighted by Gasteiger charge is 2.52. The number of thioether (sulfide) groups is 1. The summed E-state index contributed by atoms with van der Waals surface area (Å²) in [5.41, 5.74) is 0. The third-order valence-electron chi connectivity index (χ3n) is 7.33. The number of ether oxygens (including phenoxy) is 4. The van der Waals surface area contributed by atoms with E-state index in [-0.39, 0.29) is 15.3 Å². The fourth-order valence-electron chi connectivity index (χ4n) is 3.25. The van der Waals surface area contributed by atoms with Crippen molar-refractivity contribution in [1.82, 2.24) is 0 Å². The Labute approximate surface area is 231 Å². The zero-order valence-corrected chi connectivity index (χ0v) is 28.3. The average Bonchev–Trinajstić information content (AvgIpc) is 3.13. The Kier molecular flexibility index (Phi) is 12.6. The lowest BCUT2D eigenvalue weighted by atomic mass is 10.0. The van der Waals surface area contributed by atoms with Crippen LogP contribution in [-0.2, 0) is 32.6 Å². The average molecular weight is 583 g/mol. The minimum absolute atomic E-state index is 0.0700. The molecule has 0 aliphatic carbocycles. The van der Waals surface area contributed by atoms with Gasteiger partial charge in [-0.05, 0) is 62.3 Å². The molecule has 0 aromatic heterocycles. The molecule has 36 heavy (non-hydrogen) atoms. The van der Waals surface area contributed by atoms with Crippen LogP contribution in [0.3, 0.4) is 0 Å². The third-order valence-corrected chi connectivity index (χ3v) is 17.7. The van der Waals surface area contributed by atoms with Gasteiger partial charge in [-0.2, -0.15) is 0 Å².